The number of carboxylic acid groups (broad SMARTS) is 1. The summed E-state index contributed by atoms with van der Waals surface area (Å²) in [5, 5.41) is 8.94. The maximum absolute atomic E-state index is 11.8. The van der Waals surface area contributed by atoms with Gasteiger partial charge >= 0.3 is 5.97 Å². The van der Waals surface area contributed by atoms with E-state index in [2.05, 4.69) is 9.88 Å². The summed E-state index contributed by atoms with van der Waals surface area (Å²) in [5.74, 6) is -1.19. The molecule has 2 aromatic rings. The van der Waals surface area contributed by atoms with Gasteiger partial charge in [0.05, 0.1) is 24.7 Å². The van der Waals surface area contributed by atoms with Crippen molar-refractivity contribution in [1.29, 1.82) is 0 Å². The standard InChI is InChI=1S/C17H24N4O5S/c1-13-3-4-16-18-14(9-20(16)7-13)8-19-5-6-26-15(10-19)11-21(12-17(22)23)27(2,24)25/h3-4,7,9,15H,5-6,8,10-12H2,1-2H3,(H,22,23). The summed E-state index contributed by atoms with van der Waals surface area (Å²) in [6, 6.07) is 3.98. The Morgan fingerprint density at radius 2 is 2.19 bits per heavy atom. The second-order valence-corrected chi connectivity index (χ2v) is 8.86. The molecule has 1 aliphatic rings. The van der Waals surface area contributed by atoms with Crippen molar-refractivity contribution in [3.63, 3.8) is 0 Å². The van der Waals surface area contributed by atoms with E-state index in [1.165, 1.54) is 0 Å². The summed E-state index contributed by atoms with van der Waals surface area (Å²) in [5.41, 5.74) is 2.95. The minimum absolute atomic E-state index is 0.0198. The number of sulfonamides is 1. The number of nitrogens with zero attached hydrogens (tertiary/aromatic N) is 4. The van der Waals surface area contributed by atoms with Gasteiger partial charge in [-0.1, -0.05) is 6.07 Å². The average Bonchev–Trinajstić information content (AvgIpc) is 2.94. The number of carbonyl (C=O) groups is 1. The number of aliphatic carboxylic acids is 1. The van der Waals surface area contributed by atoms with Crippen molar-refractivity contribution in [2.75, 3.05) is 39.0 Å². The molecule has 0 radical (unpaired) electrons. The number of imidazole rings is 1. The number of ether oxygens (including phenoxy) is 1. The highest BCUT2D eigenvalue weighted by Gasteiger charge is 2.28. The molecule has 0 aromatic carbocycles. The Balaban J connectivity index is 1.65. The number of pyridine rings is 1. The predicted octanol–water partition coefficient (Wildman–Crippen LogP) is 0.190. The van der Waals surface area contributed by atoms with Gasteiger partial charge in [0, 0.05) is 38.6 Å². The first-order chi connectivity index (χ1) is 12.7. The first-order valence-corrected chi connectivity index (χ1v) is 10.5. The Hall–Kier alpha value is -2.01. The minimum Gasteiger partial charge on any atom is -0.480 e. The topological polar surface area (TPSA) is 104 Å². The van der Waals surface area contributed by atoms with Gasteiger partial charge in [-0.25, -0.2) is 13.4 Å². The van der Waals surface area contributed by atoms with Crippen LogP contribution in [-0.2, 0) is 26.1 Å². The third-order valence-corrected chi connectivity index (χ3v) is 5.66. The number of morpholine rings is 1. The van der Waals surface area contributed by atoms with E-state index in [1.807, 2.05) is 35.9 Å². The summed E-state index contributed by atoms with van der Waals surface area (Å²) < 4.78 is 32.2. The molecule has 3 heterocycles. The van der Waals surface area contributed by atoms with Crippen LogP contribution in [-0.4, -0.2) is 83.2 Å². The lowest BCUT2D eigenvalue weighted by molar-refractivity contribution is -0.137. The molecule has 9 nitrogen and oxygen atoms in total. The molecule has 1 saturated heterocycles. The molecule has 148 valence electrons. The largest absolute Gasteiger partial charge is 0.480 e. The molecule has 0 amide bonds. The number of rotatable bonds is 7. The fourth-order valence-corrected chi connectivity index (χ4v) is 3.97. The molecule has 10 heteroatoms. The summed E-state index contributed by atoms with van der Waals surface area (Å²) >= 11 is 0. The molecule has 1 unspecified atom stereocenters. The fourth-order valence-electron chi connectivity index (χ4n) is 3.19. The van der Waals surface area contributed by atoms with Gasteiger partial charge in [0.25, 0.3) is 0 Å². The lowest BCUT2D eigenvalue weighted by Gasteiger charge is -2.34. The van der Waals surface area contributed by atoms with Gasteiger partial charge in [-0.05, 0) is 18.6 Å². The summed E-state index contributed by atoms with van der Waals surface area (Å²) in [4.78, 5) is 17.7. The predicted molar refractivity (Wildman–Crippen MR) is 99.0 cm³/mol. The van der Waals surface area contributed by atoms with E-state index in [9.17, 15) is 13.2 Å². The zero-order valence-electron chi connectivity index (χ0n) is 15.4. The van der Waals surface area contributed by atoms with E-state index in [0.29, 0.717) is 26.2 Å². The number of aryl methyl sites for hydroxylation is 1. The Morgan fingerprint density at radius 3 is 2.89 bits per heavy atom. The third-order valence-electron chi connectivity index (χ3n) is 4.45. The van der Waals surface area contributed by atoms with Gasteiger partial charge in [-0.15, -0.1) is 0 Å². The van der Waals surface area contributed by atoms with Gasteiger partial charge < -0.3 is 14.2 Å². The number of carboxylic acids is 1. The molecule has 1 fully saturated rings. The van der Waals surface area contributed by atoms with Crippen LogP contribution in [0.15, 0.2) is 24.5 Å². The Bertz CT molecular complexity index is 927. The van der Waals surface area contributed by atoms with Gasteiger partial charge in [0.2, 0.25) is 10.0 Å². The van der Waals surface area contributed by atoms with Gasteiger partial charge in [-0.3, -0.25) is 9.69 Å². The lowest BCUT2D eigenvalue weighted by Crippen LogP contribution is -2.49. The smallest absolute Gasteiger partial charge is 0.318 e. The second-order valence-electron chi connectivity index (χ2n) is 6.88. The van der Waals surface area contributed by atoms with Crippen LogP contribution in [0, 0.1) is 6.92 Å². The molecule has 0 spiro atoms. The molecule has 0 aliphatic carbocycles. The molecule has 0 bridgehead atoms. The number of aromatic nitrogens is 2. The van der Waals surface area contributed by atoms with Crippen LogP contribution in [0.25, 0.3) is 5.65 Å². The maximum Gasteiger partial charge on any atom is 0.318 e. The van der Waals surface area contributed by atoms with Crippen LogP contribution in [0.2, 0.25) is 0 Å². The highest BCUT2D eigenvalue weighted by atomic mass is 32.2. The van der Waals surface area contributed by atoms with Crippen LogP contribution < -0.4 is 0 Å². The SMILES string of the molecule is Cc1ccc2nc(CN3CCOC(CN(CC(=O)O)S(C)(=O)=O)C3)cn2c1. The fraction of sp³-hybridized carbons (Fsp3) is 0.529. The van der Waals surface area contributed by atoms with E-state index < -0.39 is 22.5 Å². The van der Waals surface area contributed by atoms with E-state index in [1.54, 1.807) is 0 Å². The zero-order chi connectivity index (χ0) is 19.6. The molecule has 1 N–H and O–H groups in total. The Labute approximate surface area is 158 Å². The second kappa shape index (κ2) is 7.93. The van der Waals surface area contributed by atoms with Crippen molar-refractivity contribution in [3.05, 3.63) is 35.8 Å². The lowest BCUT2D eigenvalue weighted by atomic mass is 10.2. The summed E-state index contributed by atoms with van der Waals surface area (Å²) in [6.07, 6.45) is 4.63. The van der Waals surface area contributed by atoms with Crippen LogP contribution in [0.4, 0.5) is 0 Å². The first kappa shape index (κ1) is 19.7. The molecule has 27 heavy (non-hydrogen) atoms. The van der Waals surface area contributed by atoms with E-state index in [0.717, 1.165) is 27.5 Å². The van der Waals surface area contributed by atoms with E-state index in [-0.39, 0.29) is 12.6 Å². The molecular weight excluding hydrogens is 372 g/mol. The van der Waals surface area contributed by atoms with Crippen LogP contribution in [0.3, 0.4) is 0 Å². The van der Waals surface area contributed by atoms with Gasteiger partial charge in [0.15, 0.2) is 0 Å². The summed E-state index contributed by atoms with van der Waals surface area (Å²) in [6.45, 7) is 3.78. The average molecular weight is 396 g/mol. The van der Waals surface area contributed by atoms with E-state index >= 15 is 0 Å². The molecule has 3 rings (SSSR count). The number of hydrogen-bond acceptors (Lipinski definition) is 6. The van der Waals surface area contributed by atoms with Crippen LogP contribution in [0.5, 0.6) is 0 Å². The highest BCUT2D eigenvalue weighted by Crippen LogP contribution is 2.14. The normalized spacial score (nSPS) is 19.0. The number of hydrogen-bond donors (Lipinski definition) is 1. The van der Waals surface area contributed by atoms with Crippen molar-refractivity contribution in [3.8, 4) is 0 Å². The van der Waals surface area contributed by atoms with Crippen molar-refractivity contribution < 1.29 is 23.1 Å². The Morgan fingerprint density at radius 1 is 1.41 bits per heavy atom. The van der Waals surface area contributed by atoms with Crippen molar-refractivity contribution in [2.24, 2.45) is 0 Å². The van der Waals surface area contributed by atoms with Crippen LogP contribution >= 0.6 is 0 Å². The molecule has 0 saturated carbocycles. The quantitative estimate of drug-likeness (QED) is 0.712. The zero-order valence-corrected chi connectivity index (χ0v) is 16.2. The Kier molecular flexibility index (Phi) is 5.80. The van der Waals surface area contributed by atoms with Crippen molar-refractivity contribution in [1.82, 2.24) is 18.6 Å². The third kappa shape index (κ3) is 5.25. The molecule has 1 aliphatic heterocycles. The minimum atomic E-state index is -3.62. The van der Waals surface area contributed by atoms with Gasteiger partial charge in [-0.2, -0.15) is 4.31 Å². The van der Waals surface area contributed by atoms with Crippen LogP contribution in [0.1, 0.15) is 11.3 Å². The van der Waals surface area contributed by atoms with E-state index in [4.69, 9.17) is 9.84 Å². The monoisotopic (exact) mass is 396 g/mol. The highest BCUT2D eigenvalue weighted by molar-refractivity contribution is 7.88. The summed E-state index contributed by atoms with van der Waals surface area (Å²) in [7, 11) is -3.62. The van der Waals surface area contributed by atoms with Gasteiger partial charge in [0.1, 0.15) is 12.2 Å². The maximum atomic E-state index is 11.8. The van der Waals surface area contributed by atoms with Crippen molar-refractivity contribution in [2.45, 2.75) is 19.6 Å². The molecule has 2 aromatic heterocycles. The number of fused-ring (bicyclic) bond motifs is 1. The molecule has 1 atom stereocenters. The molecular formula is C17H24N4O5S. The first-order valence-electron chi connectivity index (χ1n) is 8.66. The van der Waals surface area contributed by atoms with Crippen molar-refractivity contribution >= 4 is 21.6 Å².